The number of carbonyl (C=O) groups is 1. The largest absolute Gasteiger partial charge is 0.369 e. The van der Waals surface area contributed by atoms with Crippen molar-refractivity contribution in [1.29, 1.82) is 0 Å². The van der Waals surface area contributed by atoms with Crippen molar-refractivity contribution < 1.29 is 13.2 Å². The Balaban J connectivity index is 1.51. The first-order chi connectivity index (χ1) is 14.8. The van der Waals surface area contributed by atoms with Crippen molar-refractivity contribution in [3.05, 3.63) is 71.0 Å². The monoisotopic (exact) mass is 437 g/mol. The minimum Gasteiger partial charge on any atom is -0.369 e. The predicted molar refractivity (Wildman–Crippen MR) is 117 cm³/mol. The van der Waals surface area contributed by atoms with Gasteiger partial charge in [0.1, 0.15) is 11.2 Å². The fraction of sp³-hybridized carbons (Fsp3) is 0.318. The number of nitrogens with two attached hydrogens (primary N) is 1. The molecule has 0 bridgehead atoms. The van der Waals surface area contributed by atoms with Crippen LogP contribution in [0.3, 0.4) is 0 Å². The molecule has 3 aromatic rings. The van der Waals surface area contributed by atoms with E-state index in [0.29, 0.717) is 12.1 Å². The Morgan fingerprint density at radius 1 is 1.23 bits per heavy atom. The predicted octanol–water partition coefficient (Wildman–Crippen LogP) is 1.88. The van der Waals surface area contributed by atoms with Crippen LogP contribution in [-0.2, 0) is 28.4 Å². The standard InChI is InChI=1S/C22H23N5O3S/c1-26-21(23)24-22(14-31(26,29)30)9-4-5-16-8-7-15(11-18(16)22)12-20(28)19-13-17-6-2-3-10-27(17)25-19/h2-3,6-8,10-11,13H,4-5,9,12,14H2,1H3,(H2,23,24)/t22-/m0/s1. The summed E-state index contributed by atoms with van der Waals surface area (Å²) in [5, 5.41) is 4.36. The van der Waals surface area contributed by atoms with Gasteiger partial charge in [-0.25, -0.2) is 22.2 Å². The highest BCUT2D eigenvalue weighted by molar-refractivity contribution is 7.89. The Morgan fingerprint density at radius 2 is 2.06 bits per heavy atom. The summed E-state index contributed by atoms with van der Waals surface area (Å²) in [6, 6.07) is 13.3. The number of guanidine groups is 1. The number of benzene rings is 1. The summed E-state index contributed by atoms with van der Waals surface area (Å²) in [5.74, 6) is -0.202. The second-order valence-electron chi connectivity index (χ2n) is 8.27. The lowest BCUT2D eigenvalue weighted by Gasteiger charge is -2.40. The first-order valence-corrected chi connectivity index (χ1v) is 11.8. The molecule has 0 radical (unpaired) electrons. The van der Waals surface area contributed by atoms with Gasteiger partial charge in [-0.1, -0.05) is 24.3 Å². The van der Waals surface area contributed by atoms with E-state index < -0.39 is 15.6 Å². The molecule has 1 aliphatic carbocycles. The molecule has 8 nitrogen and oxygen atoms in total. The van der Waals surface area contributed by atoms with Crippen LogP contribution in [0.15, 0.2) is 53.7 Å². The minimum absolute atomic E-state index is 0.00489. The van der Waals surface area contributed by atoms with Gasteiger partial charge in [0.05, 0.1) is 11.3 Å². The molecule has 1 aromatic carbocycles. The first-order valence-electron chi connectivity index (χ1n) is 10.2. The SMILES string of the molecule is CN1C(N)=N[C@@]2(CCCc3ccc(CC(=O)c4cc5ccccn5n4)cc32)CS1(=O)=O. The Bertz CT molecular complexity index is 1310. The van der Waals surface area contributed by atoms with E-state index in [4.69, 9.17) is 5.73 Å². The van der Waals surface area contributed by atoms with Gasteiger partial charge in [-0.15, -0.1) is 0 Å². The zero-order chi connectivity index (χ0) is 21.8. The number of fused-ring (bicyclic) bond motifs is 3. The number of Topliss-reactive ketones (excluding diaryl/α,β-unsaturated/α-hetero) is 1. The number of sulfonamides is 1. The first kappa shape index (κ1) is 19.7. The second kappa shape index (κ2) is 6.91. The fourth-order valence-electron chi connectivity index (χ4n) is 4.57. The molecule has 1 spiro atoms. The summed E-state index contributed by atoms with van der Waals surface area (Å²) in [6.07, 6.45) is 4.28. The Labute approximate surface area is 180 Å². The van der Waals surface area contributed by atoms with Crippen molar-refractivity contribution in [3.63, 3.8) is 0 Å². The smallest absolute Gasteiger partial charge is 0.239 e. The third-order valence-electron chi connectivity index (χ3n) is 6.22. The molecule has 2 aromatic heterocycles. The number of hydrogen-bond acceptors (Lipinski definition) is 6. The normalized spacial score (nSPS) is 22.4. The van der Waals surface area contributed by atoms with E-state index in [-0.39, 0.29) is 23.9 Å². The third kappa shape index (κ3) is 3.29. The molecule has 160 valence electrons. The van der Waals surface area contributed by atoms with Crippen molar-refractivity contribution in [2.45, 2.75) is 31.2 Å². The zero-order valence-electron chi connectivity index (χ0n) is 17.2. The highest BCUT2D eigenvalue weighted by atomic mass is 32.2. The number of ketones is 1. The lowest BCUT2D eigenvalue weighted by molar-refractivity contribution is 0.0988. The van der Waals surface area contributed by atoms with Gasteiger partial charge in [0, 0.05) is 19.7 Å². The highest BCUT2D eigenvalue weighted by Gasteiger charge is 2.45. The van der Waals surface area contributed by atoms with Crippen LogP contribution >= 0.6 is 0 Å². The number of hydrogen-bond donors (Lipinski definition) is 1. The summed E-state index contributed by atoms with van der Waals surface area (Å²) in [7, 11) is -2.13. The van der Waals surface area contributed by atoms with Crippen LogP contribution in [0.5, 0.6) is 0 Å². The van der Waals surface area contributed by atoms with Crippen LogP contribution < -0.4 is 5.73 Å². The van der Waals surface area contributed by atoms with E-state index in [1.165, 1.54) is 7.05 Å². The van der Waals surface area contributed by atoms with Crippen LogP contribution in [0.2, 0.25) is 0 Å². The van der Waals surface area contributed by atoms with Gasteiger partial charge in [-0.2, -0.15) is 5.10 Å². The number of aliphatic imine (C=N–C) groups is 1. The molecule has 0 saturated carbocycles. The Morgan fingerprint density at radius 3 is 2.84 bits per heavy atom. The molecular weight excluding hydrogens is 414 g/mol. The van der Waals surface area contributed by atoms with E-state index in [0.717, 1.165) is 39.4 Å². The summed E-state index contributed by atoms with van der Waals surface area (Å²) >= 11 is 0. The van der Waals surface area contributed by atoms with Crippen molar-refractivity contribution in [3.8, 4) is 0 Å². The molecule has 0 saturated heterocycles. The maximum absolute atomic E-state index is 12.9. The van der Waals surface area contributed by atoms with Gasteiger partial charge in [0.25, 0.3) is 0 Å². The van der Waals surface area contributed by atoms with Crippen LogP contribution in [0, 0.1) is 0 Å². The summed E-state index contributed by atoms with van der Waals surface area (Å²) in [5.41, 5.74) is 9.08. The average molecular weight is 438 g/mol. The van der Waals surface area contributed by atoms with E-state index >= 15 is 0 Å². The zero-order valence-corrected chi connectivity index (χ0v) is 18.0. The maximum Gasteiger partial charge on any atom is 0.239 e. The topological polar surface area (TPSA) is 110 Å². The second-order valence-corrected chi connectivity index (χ2v) is 10.3. The number of aromatic nitrogens is 2. The molecule has 2 N–H and O–H groups in total. The minimum atomic E-state index is -3.56. The van der Waals surface area contributed by atoms with Gasteiger partial charge in [0.15, 0.2) is 5.78 Å². The number of aryl methyl sites for hydroxylation is 1. The number of pyridine rings is 1. The molecule has 0 fully saturated rings. The van der Waals surface area contributed by atoms with Crippen molar-refractivity contribution >= 4 is 27.3 Å². The van der Waals surface area contributed by atoms with Crippen molar-refractivity contribution in [2.75, 3.05) is 12.8 Å². The van der Waals surface area contributed by atoms with Crippen LogP contribution in [-0.4, -0.2) is 46.9 Å². The molecule has 1 atom stereocenters. The quantitative estimate of drug-likeness (QED) is 0.629. The van der Waals surface area contributed by atoms with E-state index in [1.807, 2.05) is 36.4 Å². The van der Waals surface area contributed by atoms with Gasteiger partial charge >= 0.3 is 0 Å². The maximum atomic E-state index is 12.9. The molecule has 3 heterocycles. The fourth-order valence-corrected chi connectivity index (χ4v) is 6.06. The van der Waals surface area contributed by atoms with E-state index in [9.17, 15) is 13.2 Å². The number of carbonyl (C=O) groups excluding carboxylic acids is 1. The summed E-state index contributed by atoms with van der Waals surface area (Å²) < 4.78 is 28.1. The van der Waals surface area contributed by atoms with Crippen molar-refractivity contribution in [1.82, 2.24) is 13.9 Å². The Hall–Kier alpha value is -3.20. The highest BCUT2D eigenvalue weighted by Crippen LogP contribution is 2.42. The van der Waals surface area contributed by atoms with Gasteiger partial charge in [0.2, 0.25) is 16.0 Å². The van der Waals surface area contributed by atoms with Crippen molar-refractivity contribution in [2.24, 2.45) is 10.7 Å². The number of nitrogens with zero attached hydrogens (tertiary/aromatic N) is 4. The molecular formula is C22H23N5O3S. The average Bonchev–Trinajstić information content (AvgIpc) is 3.17. The van der Waals surface area contributed by atoms with Gasteiger partial charge in [-0.05, 0) is 54.2 Å². The van der Waals surface area contributed by atoms with Crippen LogP contribution in [0.25, 0.3) is 5.52 Å². The Kier molecular flexibility index (Phi) is 4.40. The molecule has 9 heteroatoms. The van der Waals surface area contributed by atoms with Crippen LogP contribution in [0.1, 0.15) is 40.0 Å². The molecule has 0 unspecified atom stereocenters. The van der Waals surface area contributed by atoms with Gasteiger partial charge in [-0.3, -0.25) is 4.79 Å². The molecule has 0 amide bonds. The third-order valence-corrected chi connectivity index (χ3v) is 8.09. The summed E-state index contributed by atoms with van der Waals surface area (Å²) in [6.45, 7) is 0. The van der Waals surface area contributed by atoms with E-state index in [1.54, 1.807) is 16.8 Å². The lowest BCUT2D eigenvalue weighted by atomic mass is 9.77. The van der Waals surface area contributed by atoms with Crippen LogP contribution in [0.4, 0.5) is 0 Å². The molecule has 5 rings (SSSR count). The summed E-state index contributed by atoms with van der Waals surface area (Å²) in [4.78, 5) is 17.5. The molecule has 31 heavy (non-hydrogen) atoms. The van der Waals surface area contributed by atoms with E-state index in [2.05, 4.69) is 10.1 Å². The lowest BCUT2D eigenvalue weighted by Crippen LogP contribution is -2.52. The molecule has 1 aliphatic heterocycles. The van der Waals surface area contributed by atoms with Gasteiger partial charge < -0.3 is 5.73 Å². The molecule has 2 aliphatic rings. The number of rotatable bonds is 3.